The lowest BCUT2D eigenvalue weighted by atomic mass is 9.95. The molecule has 1 aromatic carbocycles. The lowest BCUT2D eigenvalue weighted by Crippen LogP contribution is -2.37. The zero-order valence-electron chi connectivity index (χ0n) is 17.4. The molecular weight excluding hydrogens is 414 g/mol. The first-order valence-corrected chi connectivity index (χ1v) is 12.3. The van der Waals surface area contributed by atoms with Gasteiger partial charge in [0.1, 0.15) is 4.70 Å². The fraction of sp³-hybridized carbons (Fsp3) is 0.435. The highest BCUT2D eigenvalue weighted by Gasteiger charge is 2.18. The molecule has 1 amide bonds. The second-order valence-electron chi connectivity index (χ2n) is 8.03. The van der Waals surface area contributed by atoms with E-state index in [2.05, 4.69) is 37.4 Å². The Morgan fingerprint density at radius 2 is 2.00 bits per heavy atom. The third kappa shape index (κ3) is 4.78. The van der Waals surface area contributed by atoms with Crippen molar-refractivity contribution in [2.24, 2.45) is 0 Å². The summed E-state index contributed by atoms with van der Waals surface area (Å²) >= 11 is 2.76. The van der Waals surface area contributed by atoms with Crippen LogP contribution >= 0.6 is 23.1 Å². The summed E-state index contributed by atoms with van der Waals surface area (Å²) in [7, 11) is 0. The van der Waals surface area contributed by atoms with Crippen molar-refractivity contribution >= 4 is 39.2 Å². The van der Waals surface area contributed by atoms with Gasteiger partial charge in [0.25, 0.3) is 5.56 Å². The Balaban J connectivity index is 1.56. The number of amides is 1. The summed E-state index contributed by atoms with van der Waals surface area (Å²) in [5.41, 5.74) is 4.16. The molecule has 0 saturated heterocycles. The first-order valence-electron chi connectivity index (χ1n) is 10.5. The molecule has 1 aliphatic carbocycles. The molecule has 30 heavy (non-hydrogen) atoms. The number of nitrogens with zero attached hydrogens (tertiary/aromatic N) is 2. The van der Waals surface area contributed by atoms with Crippen LogP contribution in [0.1, 0.15) is 48.8 Å². The number of hydrogen-bond acceptors (Lipinski definition) is 5. The average Bonchev–Trinajstić information content (AvgIpc) is 3.21. The van der Waals surface area contributed by atoms with Crippen LogP contribution in [-0.2, 0) is 11.3 Å². The summed E-state index contributed by atoms with van der Waals surface area (Å²) in [5, 5.41) is 5.64. The number of carbonyl (C=O) groups excluding carboxylic acids is 1. The second kappa shape index (κ2) is 9.35. The zero-order chi connectivity index (χ0) is 21.1. The van der Waals surface area contributed by atoms with Crippen molar-refractivity contribution in [1.29, 1.82) is 0 Å². The summed E-state index contributed by atoms with van der Waals surface area (Å²) in [6, 6.07) is 8.41. The van der Waals surface area contributed by atoms with Crippen LogP contribution in [0, 0.1) is 13.8 Å². The van der Waals surface area contributed by atoms with Gasteiger partial charge in [-0.15, -0.1) is 11.3 Å². The molecule has 5 nitrogen and oxygen atoms in total. The first-order chi connectivity index (χ1) is 14.5. The highest BCUT2D eigenvalue weighted by Crippen LogP contribution is 2.23. The van der Waals surface area contributed by atoms with Gasteiger partial charge in [0.2, 0.25) is 5.91 Å². The number of benzene rings is 1. The minimum Gasteiger partial charge on any atom is -0.353 e. The van der Waals surface area contributed by atoms with E-state index in [9.17, 15) is 9.59 Å². The van der Waals surface area contributed by atoms with Crippen LogP contribution in [0.3, 0.4) is 0 Å². The first kappa shape index (κ1) is 21.1. The van der Waals surface area contributed by atoms with Gasteiger partial charge in [-0.1, -0.05) is 49.2 Å². The molecule has 4 rings (SSSR count). The quantitative estimate of drug-likeness (QED) is 0.446. The van der Waals surface area contributed by atoms with Gasteiger partial charge in [0.05, 0.1) is 17.8 Å². The Bertz CT molecular complexity index is 1110. The molecule has 158 valence electrons. The number of rotatable bonds is 6. The van der Waals surface area contributed by atoms with E-state index in [-0.39, 0.29) is 23.3 Å². The van der Waals surface area contributed by atoms with Gasteiger partial charge in [-0.25, -0.2) is 4.98 Å². The average molecular weight is 442 g/mol. The molecule has 0 spiro atoms. The molecule has 0 aliphatic heterocycles. The van der Waals surface area contributed by atoms with E-state index in [0.29, 0.717) is 21.9 Å². The fourth-order valence-corrected chi connectivity index (χ4v) is 5.49. The smallest absolute Gasteiger partial charge is 0.272 e. The van der Waals surface area contributed by atoms with E-state index in [1.54, 1.807) is 4.57 Å². The second-order valence-corrected chi connectivity index (χ2v) is 9.89. The van der Waals surface area contributed by atoms with Crippen molar-refractivity contribution in [2.75, 3.05) is 5.75 Å². The third-order valence-corrected chi connectivity index (χ3v) is 7.61. The highest BCUT2D eigenvalue weighted by molar-refractivity contribution is 7.99. The van der Waals surface area contributed by atoms with E-state index in [0.717, 1.165) is 18.4 Å². The van der Waals surface area contributed by atoms with Gasteiger partial charge in [0, 0.05) is 6.04 Å². The van der Waals surface area contributed by atoms with Crippen LogP contribution in [0.2, 0.25) is 0 Å². The lowest BCUT2D eigenvalue weighted by Gasteiger charge is -2.22. The number of nitrogens with one attached hydrogen (secondary N) is 1. The number of thiophene rings is 1. The maximum absolute atomic E-state index is 13.1. The summed E-state index contributed by atoms with van der Waals surface area (Å²) in [6.07, 6.45) is 5.75. The number of aryl methyl sites for hydroxylation is 2. The molecule has 7 heteroatoms. The molecule has 2 heterocycles. The Kier molecular flexibility index (Phi) is 6.58. The molecule has 2 aromatic heterocycles. The number of thioether (sulfide) groups is 1. The molecule has 0 atom stereocenters. The van der Waals surface area contributed by atoms with E-state index in [4.69, 9.17) is 4.98 Å². The number of hydrogen-bond donors (Lipinski definition) is 1. The normalized spacial score (nSPS) is 14.9. The van der Waals surface area contributed by atoms with Gasteiger partial charge in [-0.3, -0.25) is 14.2 Å². The highest BCUT2D eigenvalue weighted by atomic mass is 32.2. The van der Waals surface area contributed by atoms with Crippen LogP contribution in [0.25, 0.3) is 10.2 Å². The Morgan fingerprint density at radius 3 is 2.77 bits per heavy atom. The van der Waals surface area contributed by atoms with E-state index in [1.165, 1.54) is 53.5 Å². The summed E-state index contributed by atoms with van der Waals surface area (Å²) in [5.74, 6) is 0.287. The number of carbonyl (C=O) groups is 1. The molecule has 3 aromatic rings. The maximum atomic E-state index is 13.1. The molecule has 0 radical (unpaired) electrons. The number of fused-ring (bicyclic) bond motifs is 1. The van der Waals surface area contributed by atoms with Gasteiger partial charge in [-0.2, -0.15) is 0 Å². The van der Waals surface area contributed by atoms with Crippen LogP contribution in [-0.4, -0.2) is 27.3 Å². The van der Waals surface area contributed by atoms with Crippen molar-refractivity contribution in [3.8, 4) is 0 Å². The fourth-order valence-electron chi connectivity index (χ4n) is 3.90. The third-order valence-electron chi connectivity index (χ3n) is 5.75. The molecule has 0 unspecified atom stereocenters. The van der Waals surface area contributed by atoms with Gasteiger partial charge in [0.15, 0.2) is 5.16 Å². The van der Waals surface area contributed by atoms with Crippen molar-refractivity contribution in [2.45, 2.75) is 63.7 Å². The minimum atomic E-state index is -0.0385. The zero-order valence-corrected chi connectivity index (χ0v) is 19.1. The molecule has 1 fully saturated rings. The van der Waals surface area contributed by atoms with Gasteiger partial charge < -0.3 is 5.32 Å². The van der Waals surface area contributed by atoms with Gasteiger partial charge >= 0.3 is 0 Å². The molecule has 1 aliphatic rings. The lowest BCUT2D eigenvalue weighted by molar-refractivity contribution is -0.119. The van der Waals surface area contributed by atoms with Crippen molar-refractivity contribution in [3.63, 3.8) is 0 Å². The molecule has 0 bridgehead atoms. The van der Waals surface area contributed by atoms with Crippen LogP contribution < -0.4 is 10.9 Å². The predicted octanol–water partition coefficient (Wildman–Crippen LogP) is 4.66. The molecule has 1 N–H and O–H groups in total. The van der Waals surface area contributed by atoms with Crippen molar-refractivity contribution in [3.05, 3.63) is 56.7 Å². The largest absolute Gasteiger partial charge is 0.353 e. The summed E-state index contributed by atoms with van der Waals surface area (Å²) < 4.78 is 2.37. The predicted molar refractivity (Wildman–Crippen MR) is 125 cm³/mol. The maximum Gasteiger partial charge on any atom is 0.272 e. The van der Waals surface area contributed by atoms with E-state index < -0.39 is 0 Å². The minimum absolute atomic E-state index is 0.0179. The van der Waals surface area contributed by atoms with Crippen LogP contribution in [0.15, 0.2) is 39.6 Å². The van der Waals surface area contributed by atoms with Crippen molar-refractivity contribution < 1.29 is 4.79 Å². The number of aromatic nitrogens is 2. The SMILES string of the molecule is Cc1ccc(Cn2c(SCC(=O)NC3CCCCC3)nc3ccsc3c2=O)cc1C. The van der Waals surface area contributed by atoms with Gasteiger partial charge in [-0.05, 0) is 54.8 Å². The monoisotopic (exact) mass is 441 g/mol. The standard InChI is InChI=1S/C23H27N3O2S2/c1-15-8-9-17(12-16(15)2)13-26-22(28)21-19(10-11-29-21)25-23(26)30-14-20(27)24-18-6-4-3-5-7-18/h8-12,18H,3-7,13-14H2,1-2H3,(H,24,27). The van der Waals surface area contributed by atoms with E-state index >= 15 is 0 Å². The Morgan fingerprint density at radius 1 is 1.20 bits per heavy atom. The summed E-state index contributed by atoms with van der Waals surface area (Å²) in [4.78, 5) is 30.3. The van der Waals surface area contributed by atoms with Crippen molar-refractivity contribution in [1.82, 2.24) is 14.9 Å². The van der Waals surface area contributed by atoms with Crippen LogP contribution in [0.5, 0.6) is 0 Å². The Hall–Kier alpha value is -2.12. The van der Waals surface area contributed by atoms with E-state index in [1.807, 2.05) is 11.4 Å². The Labute approximate surface area is 184 Å². The molecular formula is C23H27N3O2S2. The van der Waals surface area contributed by atoms with Crippen LogP contribution in [0.4, 0.5) is 0 Å². The topological polar surface area (TPSA) is 64.0 Å². The summed E-state index contributed by atoms with van der Waals surface area (Å²) in [6.45, 7) is 4.61. The molecule has 1 saturated carbocycles.